The highest BCUT2D eigenvalue weighted by atomic mass is 31.0. The summed E-state index contributed by atoms with van der Waals surface area (Å²) in [6, 6.07) is -0.194. The summed E-state index contributed by atoms with van der Waals surface area (Å²) >= 11 is 0. The Hall–Kier alpha value is -0.140. The lowest BCUT2D eigenvalue weighted by molar-refractivity contribution is -0.119. The monoisotopic (exact) mass is 134 g/mol. The molecule has 0 aromatic carbocycles. The summed E-state index contributed by atoms with van der Waals surface area (Å²) in [5, 5.41) is 2.69. The molecular formula is C4H11N2OP. The maximum atomic E-state index is 10.3. The molecule has 0 spiro atoms. The third-order valence-corrected chi connectivity index (χ3v) is 1.36. The number of rotatable bonds is 3. The minimum Gasteiger partial charge on any atom is -0.368 e. The van der Waals surface area contributed by atoms with E-state index in [2.05, 4.69) is 14.5 Å². The molecule has 3 N–H and O–H groups in total. The standard InChI is InChI=1S/C4H11N2OP/c1-2-3(6-8)4(5)7/h3,6H,2,8H2,1H3,(H2,5,7). The van der Waals surface area contributed by atoms with Crippen molar-refractivity contribution < 1.29 is 4.79 Å². The summed E-state index contributed by atoms with van der Waals surface area (Å²) in [4.78, 5) is 10.3. The van der Waals surface area contributed by atoms with Crippen LogP contribution in [0.1, 0.15) is 13.3 Å². The molecule has 0 aliphatic carbocycles. The second-order valence-electron chi connectivity index (χ2n) is 1.53. The molecule has 0 saturated heterocycles. The third-order valence-electron chi connectivity index (χ3n) is 0.953. The average Bonchev–Trinajstić information content (AvgIpc) is 1.69. The predicted molar refractivity (Wildman–Crippen MR) is 36.1 cm³/mol. The van der Waals surface area contributed by atoms with Crippen LogP contribution in [0.5, 0.6) is 0 Å². The average molecular weight is 134 g/mol. The van der Waals surface area contributed by atoms with Crippen molar-refractivity contribution in [3.8, 4) is 0 Å². The number of nitrogens with one attached hydrogen (secondary N) is 1. The molecule has 48 valence electrons. The first-order valence-corrected chi connectivity index (χ1v) is 3.05. The molecule has 0 heterocycles. The van der Waals surface area contributed by atoms with Gasteiger partial charge in [-0.1, -0.05) is 16.3 Å². The molecule has 4 heteroatoms. The number of hydrogen-bond acceptors (Lipinski definition) is 2. The van der Waals surface area contributed by atoms with E-state index in [4.69, 9.17) is 5.73 Å². The summed E-state index contributed by atoms with van der Waals surface area (Å²) in [6.07, 6.45) is 0.735. The Morgan fingerprint density at radius 1 is 2.00 bits per heavy atom. The normalized spacial score (nSPS) is 13.2. The minimum atomic E-state index is -0.303. The van der Waals surface area contributed by atoms with Gasteiger partial charge in [0, 0.05) is 0 Å². The van der Waals surface area contributed by atoms with E-state index >= 15 is 0 Å². The molecule has 0 fully saturated rings. The lowest BCUT2D eigenvalue weighted by atomic mass is 10.2. The van der Waals surface area contributed by atoms with E-state index in [0.29, 0.717) is 0 Å². The molecule has 2 unspecified atom stereocenters. The Kier molecular flexibility index (Phi) is 3.75. The molecule has 2 atom stereocenters. The van der Waals surface area contributed by atoms with Crippen molar-refractivity contribution in [2.24, 2.45) is 5.73 Å². The van der Waals surface area contributed by atoms with Crippen LogP contribution in [0.4, 0.5) is 0 Å². The molecule has 3 nitrogen and oxygen atoms in total. The van der Waals surface area contributed by atoms with Gasteiger partial charge in [-0.3, -0.25) is 9.88 Å². The largest absolute Gasteiger partial charge is 0.368 e. The van der Waals surface area contributed by atoms with Gasteiger partial charge < -0.3 is 5.73 Å². The van der Waals surface area contributed by atoms with Gasteiger partial charge in [0.1, 0.15) is 0 Å². The van der Waals surface area contributed by atoms with Gasteiger partial charge in [0.05, 0.1) is 6.04 Å². The zero-order valence-corrected chi connectivity index (χ0v) is 6.00. The van der Waals surface area contributed by atoms with Crippen LogP contribution in [0.2, 0.25) is 0 Å². The van der Waals surface area contributed by atoms with Gasteiger partial charge in [-0.05, 0) is 6.42 Å². The topological polar surface area (TPSA) is 55.1 Å². The zero-order valence-electron chi connectivity index (χ0n) is 4.85. The second-order valence-corrected chi connectivity index (χ2v) is 1.86. The molecule has 0 saturated carbocycles. The molecule has 0 aliphatic heterocycles. The third kappa shape index (κ3) is 2.24. The smallest absolute Gasteiger partial charge is 0.234 e. The van der Waals surface area contributed by atoms with Crippen molar-refractivity contribution >= 4 is 15.3 Å². The summed E-state index contributed by atoms with van der Waals surface area (Å²) in [6.45, 7) is 1.90. The maximum absolute atomic E-state index is 10.3. The highest BCUT2D eigenvalue weighted by Gasteiger charge is 2.07. The number of nitrogens with two attached hydrogens (primary N) is 1. The molecule has 1 amide bonds. The SMILES string of the molecule is CCC(NP)C(N)=O. The molecule has 0 bridgehead atoms. The van der Waals surface area contributed by atoms with Crippen LogP contribution in [0, 0.1) is 0 Å². The number of carbonyl (C=O) groups is 1. The van der Waals surface area contributed by atoms with Gasteiger partial charge >= 0.3 is 0 Å². The Bertz CT molecular complexity index is 82.1. The minimum absolute atomic E-state index is 0.194. The molecule has 8 heavy (non-hydrogen) atoms. The Balaban J connectivity index is 3.52. The summed E-state index contributed by atoms with van der Waals surface area (Å²) in [5.41, 5.74) is 4.94. The van der Waals surface area contributed by atoms with E-state index in [-0.39, 0.29) is 11.9 Å². The number of primary amides is 1. The molecule has 0 aromatic heterocycles. The van der Waals surface area contributed by atoms with Crippen molar-refractivity contribution in [3.05, 3.63) is 0 Å². The number of amides is 1. The van der Waals surface area contributed by atoms with Gasteiger partial charge in [-0.15, -0.1) is 0 Å². The van der Waals surface area contributed by atoms with Crippen molar-refractivity contribution in [2.45, 2.75) is 19.4 Å². The number of hydrogen-bond donors (Lipinski definition) is 2. The Labute approximate surface area is 51.3 Å². The van der Waals surface area contributed by atoms with Gasteiger partial charge in [0.25, 0.3) is 0 Å². The number of carbonyl (C=O) groups excluding carboxylic acids is 1. The van der Waals surface area contributed by atoms with E-state index in [1.807, 2.05) is 6.92 Å². The van der Waals surface area contributed by atoms with Gasteiger partial charge in [-0.25, -0.2) is 0 Å². The first kappa shape index (κ1) is 7.86. The summed E-state index contributed by atoms with van der Waals surface area (Å²) in [5.74, 6) is -0.303. The van der Waals surface area contributed by atoms with Crippen LogP contribution in [0.15, 0.2) is 0 Å². The molecule has 0 radical (unpaired) electrons. The van der Waals surface area contributed by atoms with E-state index in [9.17, 15) is 4.79 Å². The lowest BCUT2D eigenvalue weighted by Crippen LogP contribution is -2.35. The van der Waals surface area contributed by atoms with Crippen molar-refractivity contribution in [1.82, 2.24) is 5.09 Å². The molecule has 0 aliphatic rings. The Morgan fingerprint density at radius 3 is 2.50 bits per heavy atom. The van der Waals surface area contributed by atoms with Gasteiger partial charge in [0.15, 0.2) is 0 Å². The predicted octanol–water partition coefficient (Wildman–Crippen LogP) is -0.370. The van der Waals surface area contributed by atoms with Crippen LogP contribution in [0.3, 0.4) is 0 Å². The van der Waals surface area contributed by atoms with Crippen LogP contribution in [-0.2, 0) is 4.79 Å². The van der Waals surface area contributed by atoms with E-state index in [1.165, 1.54) is 0 Å². The summed E-state index contributed by atoms with van der Waals surface area (Å²) in [7, 11) is 2.26. The first-order valence-electron chi connectivity index (χ1n) is 2.47. The van der Waals surface area contributed by atoms with Crippen molar-refractivity contribution in [3.63, 3.8) is 0 Å². The van der Waals surface area contributed by atoms with E-state index in [0.717, 1.165) is 6.42 Å². The fourth-order valence-electron chi connectivity index (χ4n) is 0.401. The van der Waals surface area contributed by atoms with Crippen molar-refractivity contribution in [1.29, 1.82) is 0 Å². The van der Waals surface area contributed by atoms with Crippen LogP contribution >= 0.6 is 9.39 Å². The quantitative estimate of drug-likeness (QED) is 0.517. The first-order chi connectivity index (χ1) is 3.72. The molecule has 0 rings (SSSR count). The van der Waals surface area contributed by atoms with Crippen LogP contribution in [-0.4, -0.2) is 11.9 Å². The molecule has 0 aromatic rings. The zero-order chi connectivity index (χ0) is 6.57. The van der Waals surface area contributed by atoms with E-state index in [1.54, 1.807) is 0 Å². The molecular weight excluding hydrogens is 123 g/mol. The Morgan fingerprint density at radius 2 is 2.50 bits per heavy atom. The fraction of sp³-hybridized carbons (Fsp3) is 0.750. The second kappa shape index (κ2) is 3.81. The highest BCUT2D eigenvalue weighted by Crippen LogP contribution is 1.90. The van der Waals surface area contributed by atoms with Crippen molar-refractivity contribution in [2.75, 3.05) is 0 Å². The van der Waals surface area contributed by atoms with Gasteiger partial charge in [0.2, 0.25) is 5.91 Å². The summed E-state index contributed by atoms with van der Waals surface area (Å²) < 4.78 is 0. The highest BCUT2D eigenvalue weighted by molar-refractivity contribution is 7.13. The lowest BCUT2D eigenvalue weighted by Gasteiger charge is -2.06. The van der Waals surface area contributed by atoms with E-state index < -0.39 is 0 Å². The van der Waals surface area contributed by atoms with Crippen LogP contribution < -0.4 is 10.8 Å². The fourth-order valence-corrected chi connectivity index (χ4v) is 0.801. The van der Waals surface area contributed by atoms with Crippen LogP contribution in [0.25, 0.3) is 0 Å². The van der Waals surface area contributed by atoms with Gasteiger partial charge in [-0.2, -0.15) is 0 Å². The maximum Gasteiger partial charge on any atom is 0.234 e.